The van der Waals surface area contributed by atoms with E-state index in [1.807, 2.05) is 26.0 Å². The molecule has 1 aromatic carbocycles. The largest absolute Gasteiger partial charge is 0.463 e. The molecule has 0 bridgehead atoms. The fourth-order valence-corrected chi connectivity index (χ4v) is 2.81. The number of ether oxygens (including phenoxy) is 2. The molecule has 1 heterocycles. The molecule has 0 aliphatic heterocycles. The standard InChI is InChI=1S/C20H24N2O4S/c1-3-5-13-25-17(23)11-9-15-7-8-16(20-19(15)21-27-22-20)10-12-18(24)26-14-6-4-2/h7-12H,3-6,13-14H2,1-2H3/b11-9+,12-10+. The Balaban J connectivity index is 2.08. The normalized spacial score (nSPS) is 11.5. The van der Waals surface area contributed by atoms with Crippen LogP contribution in [0.4, 0.5) is 0 Å². The van der Waals surface area contributed by atoms with Gasteiger partial charge in [-0.1, -0.05) is 38.8 Å². The van der Waals surface area contributed by atoms with E-state index in [9.17, 15) is 9.59 Å². The smallest absolute Gasteiger partial charge is 0.330 e. The Kier molecular flexibility index (Phi) is 8.64. The number of aromatic nitrogens is 2. The summed E-state index contributed by atoms with van der Waals surface area (Å²) in [6.07, 6.45) is 9.78. The number of nitrogens with zero attached hydrogens (tertiary/aromatic N) is 2. The third-order valence-electron chi connectivity index (χ3n) is 3.76. The number of rotatable bonds is 10. The number of esters is 2. The second-order valence-electron chi connectivity index (χ2n) is 5.91. The van der Waals surface area contributed by atoms with Gasteiger partial charge in [0.1, 0.15) is 11.0 Å². The zero-order chi connectivity index (χ0) is 19.5. The maximum absolute atomic E-state index is 11.7. The van der Waals surface area contributed by atoms with E-state index in [-0.39, 0.29) is 11.9 Å². The van der Waals surface area contributed by atoms with Gasteiger partial charge in [0.05, 0.1) is 24.9 Å². The summed E-state index contributed by atoms with van der Waals surface area (Å²) < 4.78 is 18.8. The van der Waals surface area contributed by atoms with Crippen molar-refractivity contribution in [3.05, 3.63) is 35.4 Å². The van der Waals surface area contributed by atoms with Crippen LogP contribution in [0.5, 0.6) is 0 Å². The van der Waals surface area contributed by atoms with Gasteiger partial charge in [-0.25, -0.2) is 9.59 Å². The lowest BCUT2D eigenvalue weighted by Gasteiger charge is -2.01. The van der Waals surface area contributed by atoms with Crippen LogP contribution in [-0.4, -0.2) is 33.9 Å². The summed E-state index contributed by atoms with van der Waals surface area (Å²) in [5.74, 6) is -0.753. The Morgan fingerprint density at radius 1 is 0.889 bits per heavy atom. The average Bonchev–Trinajstić information content (AvgIpc) is 3.15. The first-order valence-corrected chi connectivity index (χ1v) is 9.83. The molecule has 144 valence electrons. The predicted molar refractivity (Wildman–Crippen MR) is 107 cm³/mol. The van der Waals surface area contributed by atoms with Crippen LogP contribution < -0.4 is 0 Å². The van der Waals surface area contributed by atoms with Crippen LogP contribution in [-0.2, 0) is 19.1 Å². The highest BCUT2D eigenvalue weighted by molar-refractivity contribution is 7.00. The number of fused-ring (bicyclic) bond motifs is 1. The topological polar surface area (TPSA) is 78.4 Å². The Bertz CT molecular complexity index is 760. The molecule has 6 nitrogen and oxygen atoms in total. The highest BCUT2D eigenvalue weighted by Gasteiger charge is 2.08. The van der Waals surface area contributed by atoms with Crippen molar-refractivity contribution in [1.82, 2.24) is 8.75 Å². The second-order valence-corrected chi connectivity index (χ2v) is 6.44. The first-order valence-electron chi connectivity index (χ1n) is 9.10. The van der Waals surface area contributed by atoms with Crippen molar-refractivity contribution >= 4 is 46.9 Å². The highest BCUT2D eigenvalue weighted by atomic mass is 32.1. The van der Waals surface area contributed by atoms with Crippen LogP contribution in [0, 0.1) is 0 Å². The SMILES string of the molecule is CCCCOC(=O)/C=C/c1ccc(/C=C/C(=O)OCCCC)c2nsnc12. The van der Waals surface area contributed by atoms with Gasteiger partial charge < -0.3 is 9.47 Å². The summed E-state index contributed by atoms with van der Waals surface area (Å²) in [4.78, 5) is 23.4. The summed E-state index contributed by atoms with van der Waals surface area (Å²) in [6, 6.07) is 3.67. The number of carbonyl (C=O) groups is 2. The molecule has 0 fully saturated rings. The minimum absolute atomic E-state index is 0.376. The predicted octanol–water partition coefficient (Wildman–Crippen LogP) is 4.40. The van der Waals surface area contributed by atoms with Crippen molar-refractivity contribution in [3.63, 3.8) is 0 Å². The second kappa shape index (κ2) is 11.2. The molecule has 0 saturated carbocycles. The molecule has 0 N–H and O–H groups in total. The van der Waals surface area contributed by atoms with Gasteiger partial charge in [-0.15, -0.1) is 0 Å². The monoisotopic (exact) mass is 388 g/mol. The van der Waals surface area contributed by atoms with Gasteiger partial charge in [0.2, 0.25) is 0 Å². The average molecular weight is 388 g/mol. The van der Waals surface area contributed by atoms with Crippen LogP contribution in [0.2, 0.25) is 0 Å². The molecule has 0 atom stereocenters. The number of hydrogen-bond donors (Lipinski definition) is 0. The molecular formula is C20H24N2O4S. The first-order chi connectivity index (χ1) is 13.2. The van der Waals surface area contributed by atoms with E-state index in [2.05, 4.69) is 8.75 Å². The molecule has 2 rings (SSSR count). The molecule has 0 spiro atoms. The molecule has 0 unspecified atom stereocenters. The van der Waals surface area contributed by atoms with Gasteiger partial charge in [0.15, 0.2) is 0 Å². The highest BCUT2D eigenvalue weighted by Crippen LogP contribution is 2.23. The Morgan fingerprint density at radius 2 is 1.33 bits per heavy atom. The van der Waals surface area contributed by atoms with E-state index in [4.69, 9.17) is 9.47 Å². The van der Waals surface area contributed by atoms with Gasteiger partial charge in [0, 0.05) is 23.3 Å². The van der Waals surface area contributed by atoms with Crippen molar-refractivity contribution in [2.24, 2.45) is 0 Å². The summed E-state index contributed by atoms with van der Waals surface area (Å²) in [5.41, 5.74) is 2.90. The zero-order valence-electron chi connectivity index (χ0n) is 15.6. The lowest BCUT2D eigenvalue weighted by molar-refractivity contribution is -0.138. The maximum Gasteiger partial charge on any atom is 0.330 e. The lowest BCUT2D eigenvalue weighted by atomic mass is 10.1. The summed E-state index contributed by atoms with van der Waals surface area (Å²) in [6.45, 7) is 4.92. The van der Waals surface area contributed by atoms with Crippen LogP contribution in [0.25, 0.3) is 23.2 Å². The van der Waals surface area contributed by atoms with E-state index < -0.39 is 0 Å². The molecule has 1 aromatic heterocycles. The van der Waals surface area contributed by atoms with Gasteiger partial charge in [-0.3, -0.25) is 0 Å². The van der Waals surface area contributed by atoms with Gasteiger partial charge in [-0.2, -0.15) is 8.75 Å². The number of unbranched alkanes of at least 4 members (excludes halogenated alkanes) is 2. The Morgan fingerprint density at radius 3 is 1.74 bits per heavy atom. The Hall–Kier alpha value is -2.54. The number of benzene rings is 1. The quantitative estimate of drug-likeness (QED) is 0.341. The van der Waals surface area contributed by atoms with Crippen molar-refractivity contribution in [2.75, 3.05) is 13.2 Å². The third kappa shape index (κ3) is 6.60. The van der Waals surface area contributed by atoms with E-state index in [0.717, 1.165) is 48.5 Å². The van der Waals surface area contributed by atoms with Crippen LogP contribution in [0.3, 0.4) is 0 Å². The fraction of sp³-hybridized carbons (Fsp3) is 0.400. The van der Waals surface area contributed by atoms with Crippen molar-refractivity contribution < 1.29 is 19.1 Å². The molecule has 0 radical (unpaired) electrons. The number of carbonyl (C=O) groups excluding carboxylic acids is 2. The van der Waals surface area contributed by atoms with E-state index in [0.29, 0.717) is 24.2 Å². The fourth-order valence-electron chi connectivity index (χ4n) is 2.22. The molecule has 0 saturated heterocycles. The van der Waals surface area contributed by atoms with Gasteiger partial charge in [-0.05, 0) is 25.0 Å². The summed E-state index contributed by atoms with van der Waals surface area (Å²) in [7, 11) is 0. The van der Waals surface area contributed by atoms with E-state index in [1.54, 1.807) is 12.2 Å². The van der Waals surface area contributed by atoms with Crippen LogP contribution >= 0.6 is 11.7 Å². The molecular weight excluding hydrogens is 364 g/mol. The maximum atomic E-state index is 11.7. The molecule has 7 heteroatoms. The minimum atomic E-state index is -0.376. The number of hydrogen-bond acceptors (Lipinski definition) is 7. The molecule has 27 heavy (non-hydrogen) atoms. The van der Waals surface area contributed by atoms with Gasteiger partial charge >= 0.3 is 11.9 Å². The third-order valence-corrected chi connectivity index (χ3v) is 4.29. The van der Waals surface area contributed by atoms with Crippen molar-refractivity contribution in [3.8, 4) is 0 Å². The lowest BCUT2D eigenvalue weighted by Crippen LogP contribution is -2.01. The van der Waals surface area contributed by atoms with E-state index >= 15 is 0 Å². The van der Waals surface area contributed by atoms with E-state index in [1.165, 1.54) is 12.2 Å². The van der Waals surface area contributed by atoms with Crippen molar-refractivity contribution in [2.45, 2.75) is 39.5 Å². The first kappa shape index (κ1) is 20.8. The van der Waals surface area contributed by atoms with Crippen LogP contribution in [0.1, 0.15) is 50.7 Å². The minimum Gasteiger partial charge on any atom is -0.463 e. The molecule has 0 aliphatic carbocycles. The summed E-state index contributed by atoms with van der Waals surface area (Å²) >= 11 is 1.08. The Labute approximate surface area is 163 Å². The molecule has 0 aliphatic rings. The molecule has 0 amide bonds. The van der Waals surface area contributed by atoms with Crippen LogP contribution in [0.15, 0.2) is 24.3 Å². The van der Waals surface area contributed by atoms with Gasteiger partial charge in [0.25, 0.3) is 0 Å². The zero-order valence-corrected chi connectivity index (χ0v) is 16.5. The molecule has 2 aromatic rings. The van der Waals surface area contributed by atoms with Crippen molar-refractivity contribution in [1.29, 1.82) is 0 Å². The summed E-state index contributed by atoms with van der Waals surface area (Å²) in [5, 5.41) is 0.